The molecule has 162 valence electrons. The number of rotatable bonds is 7. The summed E-state index contributed by atoms with van der Waals surface area (Å²) >= 11 is 5.90. The molecule has 0 saturated heterocycles. The van der Waals surface area contributed by atoms with Gasteiger partial charge in [0.25, 0.3) is 11.8 Å². The van der Waals surface area contributed by atoms with E-state index >= 15 is 0 Å². The summed E-state index contributed by atoms with van der Waals surface area (Å²) in [5.41, 5.74) is 1.71. The van der Waals surface area contributed by atoms with E-state index in [1.54, 1.807) is 42.5 Å². The van der Waals surface area contributed by atoms with Crippen LogP contribution in [0.2, 0.25) is 5.02 Å². The summed E-state index contributed by atoms with van der Waals surface area (Å²) in [5.74, 6) is -1.06. The molecule has 0 bridgehead atoms. The fraction of sp³-hybridized carbons (Fsp3) is 0.120. The number of ether oxygens (including phenoxy) is 1. The van der Waals surface area contributed by atoms with Gasteiger partial charge in [-0.15, -0.1) is 0 Å². The van der Waals surface area contributed by atoms with E-state index in [-0.39, 0.29) is 22.0 Å². The molecule has 1 heterocycles. The Morgan fingerprint density at radius 1 is 0.969 bits per heavy atom. The molecule has 5 nitrogen and oxygen atoms in total. The molecule has 0 aromatic heterocycles. The minimum atomic E-state index is -0.631. The van der Waals surface area contributed by atoms with E-state index in [4.69, 9.17) is 16.3 Å². The van der Waals surface area contributed by atoms with Crippen molar-refractivity contribution in [3.8, 4) is 5.75 Å². The maximum Gasteiger partial charge on any atom is 0.282 e. The monoisotopic (exact) mass is 450 g/mol. The second-order valence-corrected chi connectivity index (χ2v) is 7.57. The zero-order valence-corrected chi connectivity index (χ0v) is 18.0. The van der Waals surface area contributed by atoms with E-state index in [0.717, 1.165) is 17.4 Å². The summed E-state index contributed by atoms with van der Waals surface area (Å²) in [5, 5.41) is 2.92. The maximum absolute atomic E-state index is 13.7. The molecule has 4 rings (SSSR count). The number of hydrogen-bond acceptors (Lipinski definition) is 4. The van der Waals surface area contributed by atoms with Gasteiger partial charge in [-0.05, 0) is 42.3 Å². The summed E-state index contributed by atoms with van der Waals surface area (Å²) in [6.07, 6.45) is 0.864. The predicted molar refractivity (Wildman–Crippen MR) is 123 cm³/mol. The van der Waals surface area contributed by atoms with Crippen LogP contribution in [0.5, 0.6) is 5.75 Å². The first kappa shape index (κ1) is 21.6. The van der Waals surface area contributed by atoms with Gasteiger partial charge in [-0.2, -0.15) is 0 Å². The van der Waals surface area contributed by atoms with E-state index in [9.17, 15) is 14.0 Å². The van der Waals surface area contributed by atoms with Crippen LogP contribution in [0.3, 0.4) is 0 Å². The van der Waals surface area contributed by atoms with E-state index in [1.807, 2.05) is 19.1 Å². The Balaban J connectivity index is 1.76. The number of benzene rings is 3. The minimum Gasteiger partial charge on any atom is -0.494 e. The molecule has 7 heteroatoms. The third-order valence-electron chi connectivity index (χ3n) is 4.88. The Kier molecular flexibility index (Phi) is 6.23. The Labute approximate surface area is 190 Å². The lowest BCUT2D eigenvalue weighted by Crippen LogP contribution is -2.32. The van der Waals surface area contributed by atoms with Gasteiger partial charge in [0.15, 0.2) is 0 Å². The fourth-order valence-corrected chi connectivity index (χ4v) is 3.58. The van der Waals surface area contributed by atoms with Gasteiger partial charge < -0.3 is 10.1 Å². The van der Waals surface area contributed by atoms with Crippen molar-refractivity contribution in [3.63, 3.8) is 0 Å². The first-order valence-electron chi connectivity index (χ1n) is 10.1. The van der Waals surface area contributed by atoms with E-state index < -0.39 is 17.6 Å². The number of halogens is 2. The Hall–Kier alpha value is -3.64. The molecule has 0 unspecified atom stereocenters. The van der Waals surface area contributed by atoms with Crippen LogP contribution < -0.4 is 15.0 Å². The van der Waals surface area contributed by atoms with Gasteiger partial charge in [0.1, 0.15) is 17.3 Å². The molecule has 2 amide bonds. The number of carbonyl (C=O) groups excluding carboxylic acids is 2. The Morgan fingerprint density at radius 3 is 2.47 bits per heavy atom. The second kappa shape index (κ2) is 9.24. The average molecular weight is 451 g/mol. The fourth-order valence-electron chi connectivity index (χ4n) is 3.40. The van der Waals surface area contributed by atoms with Gasteiger partial charge in [0, 0.05) is 11.8 Å². The lowest BCUT2D eigenvalue weighted by Gasteiger charge is -2.16. The van der Waals surface area contributed by atoms with Crippen molar-refractivity contribution in [2.24, 2.45) is 0 Å². The van der Waals surface area contributed by atoms with Gasteiger partial charge in [-0.25, -0.2) is 9.29 Å². The molecular formula is C25H20ClFN2O3. The summed E-state index contributed by atoms with van der Waals surface area (Å²) in [7, 11) is 0. The second-order valence-electron chi connectivity index (χ2n) is 7.16. The average Bonchev–Trinajstić information content (AvgIpc) is 3.04. The van der Waals surface area contributed by atoms with Gasteiger partial charge in [-0.1, -0.05) is 54.9 Å². The van der Waals surface area contributed by atoms with Crippen molar-refractivity contribution in [3.05, 3.63) is 94.9 Å². The molecule has 32 heavy (non-hydrogen) atoms. The summed E-state index contributed by atoms with van der Waals surface area (Å²) in [4.78, 5) is 27.7. The molecule has 0 aliphatic carbocycles. The molecule has 1 aliphatic rings. The van der Waals surface area contributed by atoms with Crippen LogP contribution >= 0.6 is 11.6 Å². The highest BCUT2D eigenvalue weighted by Gasteiger charge is 2.40. The quantitative estimate of drug-likeness (QED) is 0.471. The normalized spacial score (nSPS) is 13.7. The lowest BCUT2D eigenvalue weighted by molar-refractivity contribution is -0.120. The van der Waals surface area contributed by atoms with E-state index in [0.29, 0.717) is 23.6 Å². The standard InChI is InChI=1S/C25H20ClFN2O3/c1-2-13-32-19-10-6-9-17(14-19)28-23-22(16-7-4-3-5-8-16)24(30)29(25(23)31)18-11-12-21(27)20(26)15-18/h3-12,14-15,28H,2,13H2,1H3. The van der Waals surface area contributed by atoms with E-state index in [1.165, 1.54) is 12.1 Å². The molecule has 0 spiro atoms. The van der Waals surface area contributed by atoms with Crippen LogP contribution in [0.4, 0.5) is 15.8 Å². The highest BCUT2D eigenvalue weighted by atomic mass is 35.5. The van der Waals surface area contributed by atoms with Crippen molar-refractivity contribution >= 4 is 40.4 Å². The molecule has 3 aromatic rings. The number of carbonyl (C=O) groups is 2. The largest absolute Gasteiger partial charge is 0.494 e. The molecular weight excluding hydrogens is 431 g/mol. The number of nitrogens with one attached hydrogen (secondary N) is 1. The van der Waals surface area contributed by atoms with Crippen molar-refractivity contribution in [2.75, 3.05) is 16.8 Å². The molecule has 0 atom stereocenters. The van der Waals surface area contributed by atoms with Crippen LogP contribution in [0.1, 0.15) is 18.9 Å². The van der Waals surface area contributed by atoms with Crippen LogP contribution in [0, 0.1) is 5.82 Å². The van der Waals surface area contributed by atoms with Gasteiger partial charge >= 0.3 is 0 Å². The highest BCUT2D eigenvalue weighted by molar-refractivity contribution is 6.46. The zero-order valence-electron chi connectivity index (χ0n) is 17.3. The van der Waals surface area contributed by atoms with Crippen molar-refractivity contribution in [1.82, 2.24) is 0 Å². The van der Waals surface area contributed by atoms with Crippen LogP contribution in [-0.2, 0) is 9.59 Å². The molecule has 0 radical (unpaired) electrons. The van der Waals surface area contributed by atoms with Gasteiger partial charge in [0.05, 0.1) is 22.9 Å². The first-order chi connectivity index (χ1) is 15.5. The minimum absolute atomic E-state index is 0.120. The number of hydrogen-bond donors (Lipinski definition) is 1. The molecule has 1 N–H and O–H groups in total. The van der Waals surface area contributed by atoms with Gasteiger partial charge in [-0.3, -0.25) is 9.59 Å². The van der Waals surface area contributed by atoms with Crippen molar-refractivity contribution < 1.29 is 18.7 Å². The summed E-state index contributed by atoms with van der Waals surface area (Å²) in [6, 6.07) is 19.8. The number of imide groups is 1. The SMILES string of the molecule is CCCOc1cccc(NC2=C(c3ccccc3)C(=O)N(c3ccc(F)c(Cl)c3)C2=O)c1. The number of amides is 2. The smallest absolute Gasteiger partial charge is 0.282 e. The Bertz CT molecular complexity index is 1210. The third kappa shape index (κ3) is 4.22. The third-order valence-corrected chi connectivity index (χ3v) is 5.17. The maximum atomic E-state index is 13.7. The van der Waals surface area contributed by atoms with Crippen molar-refractivity contribution in [1.29, 1.82) is 0 Å². The highest BCUT2D eigenvalue weighted by Crippen LogP contribution is 2.35. The van der Waals surface area contributed by atoms with Crippen LogP contribution in [0.15, 0.2) is 78.5 Å². The predicted octanol–water partition coefficient (Wildman–Crippen LogP) is 5.66. The summed E-state index contributed by atoms with van der Waals surface area (Å²) in [6.45, 7) is 2.58. The molecule has 1 aliphatic heterocycles. The number of nitrogens with zero attached hydrogens (tertiary/aromatic N) is 1. The Morgan fingerprint density at radius 2 is 1.75 bits per heavy atom. The lowest BCUT2D eigenvalue weighted by atomic mass is 10.0. The molecule has 3 aromatic carbocycles. The molecule has 0 saturated carbocycles. The van der Waals surface area contributed by atoms with E-state index in [2.05, 4.69) is 5.32 Å². The number of anilines is 2. The first-order valence-corrected chi connectivity index (χ1v) is 10.5. The van der Waals surface area contributed by atoms with Crippen molar-refractivity contribution in [2.45, 2.75) is 13.3 Å². The van der Waals surface area contributed by atoms with Crippen LogP contribution in [-0.4, -0.2) is 18.4 Å². The van der Waals surface area contributed by atoms with Crippen LogP contribution in [0.25, 0.3) is 5.57 Å². The van der Waals surface area contributed by atoms with Gasteiger partial charge in [0.2, 0.25) is 0 Å². The summed E-state index contributed by atoms with van der Waals surface area (Å²) < 4.78 is 19.3. The topological polar surface area (TPSA) is 58.6 Å². The zero-order chi connectivity index (χ0) is 22.7. The molecule has 0 fully saturated rings.